The molecule has 1 aromatic rings. The van der Waals surface area contributed by atoms with E-state index in [0.29, 0.717) is 17.3 Å². The van der Waals surface area contributed by atoms with E-state index in [0.717, 1.165) is 5.56 Å². The molecule has 0 bridgehead atoms. The predicted octanol–water partition coefficient (Wildman–Crippen LogP) is 1.20. The Kier molecular flexibility index (Phi) is 2.68. The predicted molar refractivity (Wildman–Crippen MR) is 43.7 cm³/mol. The lowest BCUT2D eigenvalue weighted by Crippen LogP contribution is -2.01. The second-order valence-electron chi connectivity index (χ2n) is 2.01. The molecule has 0 aromatic carbocycles. The van der Waals surface area contributed by atoms with Crippen LogP contribution >= 0.6 is 11.6 Å². The summed E-state index contributed by atoms with van der Waals surface area (Å²) in [7, 11) is 1.56. The molecule has 3 nitrogen and oxygen atoms in total. The highest BCUT2D eigenvalue weighted by Crippen LogP contribution is 2.23. The van der Waals surface area contributed by atoms with Gasteiger partial charge in [-0.3, -0.25) is 4.98 Å². The van der Waals surface area contributed by atoms with E-state index < -0.39 is 0 Å². The van der Waals surface area contributed by atoms with E-state index in [1.54, 1.807) is 19.5 Å². The summed E-state index contributed by atoms with van der Waals surface area (Å²) in [6, 6.07) is 0. The van der Waals surface area contributed by atoms with E-state index in [2.05, 4.69) is 4.98 Å². The first-order valence-electron chi connectivity index (χ1n) is 3.16. The lowest BCUT2D eigenvalue weighted by Gasteiger charge is -2.05. The highest BCUT2D eigenvalue weighted by molar-refractivity contribution is 6.31. The van der Waals surface area contributed by atoms with Crippen LogP contribution in [-0.4, -0.2) is 12.1 Å². The minimum Gasteiger partial charge on any atom is -0.495 e. The molecule has 0 unspecified atom stereocenters. The van der Waals surface area contributed by atoms with Gasteiger partial charge in [-0.25, -0.2) is 0 Å². The number of nitrogens with zero attached hydrogens (tertiary/aromatic N) is 1. The lowest BCUT2D eigenvalue weighted by atomic mass is 10.2. The van der Waals surface area contributed by atoms with Crippen LogP contribution in [-0.2, 0) is 6.54 Å². The van der Waals surface area contributed by atoms with Crippen LogP contribution in [0.2, 0.25) is 5.02 Å². The first kappa shape index (κ1) is 8.30. The number of ether oxygens (including phenoxy) is 1. The Morgan fingerprint density at radius 2 is 2.36 bits per heavy atom. The molecule has 60 valence electrons. The van der Waals surface area contributed by atoms with Gasteiger partial charge in [-0.05, 0) is 0 Å². The second kappa shape index (κ2) is 3.55. The summed E-state index contributed by atoms with van der Waals surface area (Å²) in [5, 5.41) is 0.548. The largest absolute Gasteiger partial charge is 0.495 e. The van der Waals surface area contributed by atoms with Gasteiger partial charge in [0.05, 0.1) is 18.3 Å². The maximum atomic E-state index is 5.79. The third-order valence-electron chi connectivity index (χ3n) is 1.39. The van der Waals surface area contributed by atoms with Crippen molar-refractivity contribution in [1.82, 2.24) is 4.98 Å². The normalized spacial score (nSPS) is 9.73. The quantitative estimate of drug-likeness (QED) is 0.730. The third-order valence-corrected chi connectivity index (χ3v) is 1.72. The first-order valence-corrected chi connectivity index (χ1v) is 3.53. The standard InChI is InChI=1S/C7H9ClN2O/c1-11-7-4-10-3-6(8)5(7)2-9/h3-4H,2,9H2,1H3. The minimum atomic E-state index is 0.366. The Hall–Kier alpha value is -0.800. The van der Waals surface area contributed by atoms with E-state index >= 15 is 0 Å². The van der Waals surface area contributed by atoms with Crippen LogP contribution in [0.1, 0.15) is 5.56 Å². The van der Waals surface area contributed by atoms with E-state index in [1.807, 2.05) is 0 Å². The molecular formula is C7H9ClN2O. The highest BCUT2D eigenvalue weighted by atomic mass is 35.5. The van der Waals surface area contributed by atoms with Crippen LogP contribution in [0.15, 0.2) is 12.4 Å². The molecule has 1 aromatic heterocycles. The molecule has 2 N–H and O–H groups in total. The topological polar surface area (TPSA) is 48.1 Å². The van der Waals surface area contributed by atoms with Crippen LogP contribution < -0.4 is 10.5 Å². The summed E-state index contributed by atoms with van der Waals surface area (Å²) in [6.45, 7) is 0.366. The van der Waals surface area contributed by atoms with Gasteiger partial charge in [0.2, 0.25) is 0 Å². The smallest absolute Gasteiger partial charge is 0.143 e. The van der Waals surface area contributed by atoms with Gasteiger partial charge < -0.3 is 10.5 Å². The van der Waals surface area contributed by atoms with Gasteiger partial charge in [0, 0.05) is 18.3 Å². The van der Waals surface area contributed by atoms with E-state index in [1.165, 1.54) is 0 Å². The van der Waals surface area contributed by atoms with Gasteiger partial charge >= 0.3 is 0 Å². The van der Waals surface area contributed by atoms with Gasteiger partial charge in [-0.15, -0.1) is 0 Å². The molecule has 0 atom stereocenters. The molecule has 1 heterocycles. The van der Waals surface area contributed by atoms with Crippen molar-refractivity contribution >= 4 is 11.6 Å². The zero-order valence-electron chi connectivity index (χ0n) is 6.17. The number of halogens is 1. The molecule has 0 spiro atoms. The van der Waals surface area contributed by atoms with Gasteiger partial charge in [-0.2, -0.15) is 0 Å². The fourth-order valence-electron chi connectivity index (χ4n) is 0.818. The van der Waals surface area contributed by atoms with Crippen molar-refractivity contribution in [2.75, 3.05) is 7.11 Å². The molecule has 0 radical (unpaired) electrons. The molecule has 0 saturated heterocycles. The number of hydrogen-bond donors (Lipinski definition) is 1. The van der Waals surface area contributed by atoms with Crippen LogP contribution in [0.25, 0.3) is 0 Å². The van der Waals surface area contributed by atoms with E-state index in [9.17, 15) is 0 Å². The summed E-state index contributed by atoms with van der Waals surface area (Å²) in [5.74, 6) is 0.639. The monoisotopic (exact) mass is 172 g/mol. The van der Waals surface area contributed by atoms with E-state index in [-0.39, 0.29) is 0 Å². The summed E-state index contributed by atoms with van der Waals surface area (Å²) in [5.41, 5.74) is 6.23. The fourth-order valence-corrected chi connectivity index (χ4v) is 1.04. The summed E-state index contributed by atoms with van der Waals surface area (Å²) >= 11 is 5.79. The van der Waals surface area contributed by atoms with Crippen molar-refractivity contribution in [3.05, 3.63) is 23.0 Å². The number of hydrogen-bond acceptors (Lipinski definition) is 3. The van der Waals surface area contributed by atoms with Crippen molar-refractivity contribution in [2.24, 2.45) is 5.73 Å². The minimum absolute atomic E-state index is 0.366. The van der Waals surface area contributed by atoms with Gasteiger partial charge in [-0.1, -0.05) is 11.6 Å². The van der Waals surface area contributed by atoms with Crippen LogP contribution in [0.4, 0.5) is 0 Å². The molecule has 11 heavy (non-hydrogen) atoms. The van der Waals surface area contributed by atoms with Gasteiger partial charge in [0.1, 0.15) is 5.75 Å². The number of methoxy groups -OCH3 is 1. The van der Waals surface area contributed by atoms with Crippen molar-refractivity contribution in [2.45, 2.75) is 6.54 Å². The molecule has 0 amide bonds. The molecule has 4 heteroatoms. The third kappa shape index (κ3) is 1.61. The Balaban J connectivity index is 3.13. The van der Waals surface area contributed by atoms with Gasteiger partial charge in [0.25, 0.3) is 0 Å². The SMILES string of the molecule is COc1cncc(Cl)c1CN. The molecule has 0 aliphatic heterocycles. The Labute approximate surface area is 70.1 Å². The fraction of sp³-hybridized carbons (Fsp3) is 0.286. The van der Waals surface area contributed by atoms with Crippen LogP contribution in [0.3, 0.4) is 0 Å². The molecular weight excluding hydrogens is 164 g/mol. The second-order valence-corrected chi connectivity index (χ2v) is 2.41. The number of pyridine rings is 1. The maximum Gasteiger partial charge on any atom is 0.143 e. The number of rotatable bonds is 2. The molecule has 0 aliphatic carbocycles. The Bertz CT molecular complexity index is 252. The maximum absolute atomic E-state index is 5.79. The molecule has 0 fully saturated rings. The number of aromatic nitrogens is 1. The molecule has 1 rings (SSSR count). The molecule has 0 saturated carbocycles. The first-order chi connectivity index (χ1) is 5.29. The Morgan fingerprint density at radius 3 is 2.82 bits per heavy atom. The Morgan fingerprint density at radius 1 is 1.64 bits per heavy atom. The van der Waals surface area contributed by atoms with Crippen molar-refractivity contribution in [1.29, 1.82) is 0 Å². The summed E-state index contributed by atoms with van der Waals surface area (Å²) < 4.78 is 4.99. The highest BCUT2D eigenvalue weighted by Gasteiger charge is 2.04. The van der Waals surface area contributed by atoms with Crippen molar-refractivity contribution in [3.8, 4) is 5.75 Å². The van der Waals surface area contributed by atoms with Gasteiger partial charge in [0.15, 0.2) is 0 Å². The van der Waals surface area contributed by atoms with E-state index in [4.69, 9.17) is 22.1 Å². The van der Waals surface area contributed by atoms with Crippen molar-refractivity contribution < 1.29 is 4.74 Å². The number of nitrogens with two attached hydrogens (primary N) is 1. The zero-order chi connectivity index (χ0) is 8.27. The zero-order valence-corrected chi connectivity index (χ0v) is 6.93. The average molecular weight is 173 g/mol. The van der Waals surface area contributed by atoms with Crippen molar-refractivity contribution in [3.63, 3.8) is 0 Å². The average Bonchev–Trinajstić information content (AvgIpc) is 2.04. The van der Waals surface area contributed by atoms with Crippen LogP contribution in [0.5, 0.6) is 5.75 Å². The lowest BCUT2D eigenvalue weighted by molar-refractivity contribution is 0.408. The molecule has 0 aliphatic rings. The van der Waals surface area contributed by atoms with Crippen LogP contribution in [0, 0.1) is 0 Å². The summed E-state index contributed by atoms with van der Waals surface area (Å²) in [4.78, 5) is 3.85. The summed E-state index contributed by atoms with van der Waals surface area (Å²) in [6.07, 6.45) is 3.14.